The molecule has 0 radical (unpaired) electrons. The highest BCUT2D eigenvalue weighted by Gasteiger charge is 2.20. The molecule has 1 unspecified atom stereocenters. The first-order valence-corrected chi connectivity index (χ1v) is 8.44. The van der Waals surface area contributed by atoms with Crippen LogP contribution in [-0.2, 0) is 13.3 Å². The van der Waals surface area contributed by atoms with Gasteiger partial charge in [-0.25, -0.2) is 17.6 Å². The first-order valence-electron chi connectivity index (χ1n) is 7.03. The molecule has 130 valence electrons. The second kappa shape index (κ2) is 7.89. The molecule has 3 nitrogen and oxygen atoms in total. The van der Waals surface area contributed by atoms with Crippen molar-refractivity contribution in [2.24, 2.45) is 0 Å². The second-order valence-electron chi connectivity index (χ2n) is 5.01. The SMILES string of the molecule is CO[SiH](OC)OC(C)c1ccc(-c2cc(F)c(F)c(F)c2F)cc1. The minimum atomic E-state index is -2.22. The van der Waals surface area contributed by atoms with E-state index in [2.05, 4.69) is 0 Å². The Morgan fingerprint density at radius 2 is 1.46 bits per heavy atom. The van der Waals surface area contributed by atoms with E-state index < -0.39 is 32.8 Å². The van der Waals surface area contributed by atoms with Crippen molar-refractivity contribution in [3.8, 4) is 11.1 Å². The lowest BCUT2D eigenvalue weighted by Crippen LogP contribution is -2.25. The third-order valence-electron chi connectivity index (χ3n) is 3.49. The van der Waals surface area contributed by atoms with E-state index in [0.29, 0.717) is 6.07 Å². The zero-order valence-corrected chi connectivity index (χ0v) is 14.4. The van der Waals surface area contributed by atoms with Crippen LogP contribution in [0.1, 0.15) is 18.6 Å². The van der Waals surface area contributed by atoms with Crippen LogP contribution in [0, 0.1) is 23.3 Å². The van der Waals surface area contributed by atoms with Crippen LogP contribution >= 0.6 is 0 Å². The van der Waals surface area contributed by atoms with Gasteiger partial charge in [-0.1, -0.05) is 24.3 Å². The Morgan fingerprint density at radius 1 is 0.875 bits per heavy atom. The van der Waals surface area contributed by atoms with Crippen molar-refractivity contribution < 1.29 is 30.8 Å². The van der Waals surface area contributed by atoms with Crippen molar-refractivity contribution in [3.63, 3.8) is 0 Å². The topological polar surface area (TPSA) is 27.7 Å². The number of halogens is 4. The number of rotatable bonds is 6. The van der Waals surface area contributed by atoms with Crippen LogP contribution in [0.25, 0.3) is 11.1 Å². The Hall–Kier alpha value is -1.74. The third-order valence-corrected chi connectivity index (χ3v) is 4.89. The van der Waals surface area contributed by atoms with Gasteiger partial charge in [0, 0.05) is 19.8 Å². The molecule has 1 atom stereocenters. The normalized spacial score (nSPS) is 12.7. The summed E-state index contributed by atoms with van der Waals surface area (Å²) in [5, 5.41) is 0. The highest BCUT2D eigenvalue weighted by Crippen LogP contribution is 2.29. The zero-order valence-electron chi connectivity index (χ0n) is 13.3. The van der Waals surface area contributed by atoms with Crippen molar-refractivity contribution in [3.05, 3.63) is 59.2 Å². The van der Waals surface area contributed by atoms with Gasteiger partial charge in [0.2, 0.25) is 0 Å². The largest absolute Gasteiger partial charge is 0.484 e. The van der Waals surface area contributed by atoms with E-state index in [-0.39, 0.29) is 17.2 Å². The molecule has 0 aliphatic rings. The van der Waals surface area contributed by atoms with Crippen molar-refractivity contribution >= 4 is 9.53 Å². The molecule has 0 aliphatic carbocycles. The average molecular weight is 360 g/mol. The van der Waals surface area contributed by atoms with Crippen molar-refractivity contribution in [2.45, 2.75) is 13.0 Å². The molecule has 2 rings (SSSR count). The smallest absolute Gasteiger partial charge is 0.379 e. The van der Waals surface area contributed by atoms with E-state index >= 15 is 0 Å². The quantitative estimate of drug-likeness (QED) is 0.337. The lowest BCUT2D eigenvalue weighted by Gasteiger charge is -2.18. The van der Waals surface area contributed by atoms with Gasteiger partial charge in [0.05, 0.1) is 6.10 Å². The molecular formula is C16H16F4O3Si. The average Bonchev–Trinajstić information content (AvgIpc) is 2.60. The van der Waals surface area contributed by atoms with Crippen molar-refractivity contribution in [1.82, 2.24) is 0 Å². The molecule has 0 saturated carbocycles. The van der Waals surface area contributed by atoms with Gasteiger partial charge in [-0.05, 0) is 24.1 Å². The van der Waals surface area contributed by atoms with Crippen LogP contribution in [0.2, 0.25) is 0 Å². The lowest BCUT2D eigenvalue weighted by atomic mass is 10.0. The Balaban J connectivity index is 2.27. The van der Waals surface area contributed by atoms with E-state index in [1.54, 1.807) is 19.1 Å². The number of hydrogen-bond donors (Lipinski definition) is 0. The molecule has 8 heteroatoms. The fourth-order valence-corrected chi connectivity index (χ4v) is 3.07. The summed E-state index contributed by atoms with van der Waals surface area (Å²) >= 11 is 0. The predicted molar refractivity (Wildman–Crippen MR) is 82.4 cm³/mol. The Morgan fingerprint density at radius 3 is 2.00 bits per heavy atom. The molecule has 0 heterocycles. The molecule has 0 aliphatic heterocycles. The van der Waals surface area contributed by atoms with Crippen LogP contribution in [0.3, 0.4) is 0 Å². The molecule has 0 saturated heterocycles. The summed E-state index contributed by atoms with van der Waals surface area (Å²) < 4.78 is 69.2. The molecule has 0 N–H and O–H groups in total. The molecule has 0 aromatic heterocycles. The van der Waals surface area contributed by atoms with E-state index in [1.807, 2.05) is 0 Å². The monoisotopic (exact) mass is 360 g/mol. The van der Waals surface area contributed by atoms with Crippen LogP contribution in [0.15, 0.2) is 30.3 Å². The summed E-state index contributed by atoms with van der Waals surface area (Å²) in [7, 11) is 0.746. The van der Waals surface area contributed by atoms with E-state index in [4.69, 9.17) is 13.3 Å². The Bertz CT molecular complexity index is 705. The van der Waals surface area contributed by atoms with E-state index in [9.17, 15) is 17.6 Å². The third kappa shape index (κ3) is 3.84. The van der Waals surface area contributed by atoms with Crippen LogP contribution in [0.4, 0.5) is 17.6 Å². The van der Waals surface area contributed by atoms with Gasteiger partial charge in [0.25, 0.3) is 0 Å². The maximum Gasteiger partial charge on any atom is 0.484 e. The summed E-state index contributed by atoms with van der Waals surface area (Å²) in [4.78, 5) is 0. The minimum absolute atomic E-state index is 0.216. The maximum atomic E-state index is 13.8. The van der Waals surface area contributed by atoms with Gasteiger partial charge in [-0.2, -0.15) is 0 Å². The fourth-order valence-electron chi connectivity index (χ4n) is 2.17. The molecule has 2 aromatic carbocycles. The highest BCUT2D eigenvalue weighted by atomic mass is 28.3. The highest BCUT2D eigenvalue weighted by molar-refractivity contribution is 6.36. The molecule has 0 fully saturated rings. The molecule has 0 spiro atoms. The molecule has 2 aromatic rings. The van der Waals surface area contributed by atoms with E-state index in [1.165, 1.54) is 26.4 Å². The van der Waals surface area contributed by atoms with Gasteiger partial charge in [0.1, 0.15) is 0 Å². The summed E-state index contributed by atoms with van der Waals surface area (Å²) in [6.45, 7) is 1.78. The van der Waals surface area contributed by atoms with Crippen molar-refractivity contribution in [2.75, 3.05) is 14.2 Å². The molecular weight excluding hydrogens is 344 g/mol. The molecule has 0 bridgehead atoms. The first kappa shape index (κ1) is 18.6. The maximum absolute atomic E-state index is 13.8. The fraction of sp³-hybridized carbons (Fsp3) is 0.250. The number of hydrogen-bond acceptors (Lipinski definition) is 3. The lowest BCUT2D eigenvalue weighted by molar-refractivity contribution is 0.0951. The Kier molecular flexibility index (Phi) is 6.11. The van der Waals surface area contributed by atoms with E-state index in [0.717, 1.165) is 5.56 Å². The predicted octanol–water partition coefficient (Wildman–Crippen LogP) is 4.00. The summed E-state index contributed by atoms with van der Waals surface area (Å²) in [6, 6.07) is 6.81. The summed E-state index contributed by atoms with van der Waals surface area (Å²) in [5.74, 6) is -6.54. The van der Waals surface area contributed by atoms with Crippen LogP contribution < -0.4 is 0 Å². The van der Waals surface area contributed by atoms with Gasteiger partial charge in [0.15, 0.2) is 23.3 Å². The molecule has 24 heavy (non-hydrogen) atoms. The summed E-state index contributed by atoms with van der Waals surface area (Å²) in [6.07, 6.45) is -0.345. The van der Waals surface area contributed by atoms with Crippen molar-refractivity contribution in [1.29, 1.82) is 0 Å². The van der Waals surface area contributed by atoms with Crippen LogP contribution in [0.5, 0.6) is 0 Å². The van der Waals surface area contributed by atoms with Gasteiger partial charge in [-0.15, -0.1) is 0 Å². The molecule has 0 amide bonds. The Labute approximate surface area is 138 Å². The van der Waals surface area contributed by atoms with Gasteiger partial charge >= 0.3 is 9.53 Å². The number of benzene rings is 2. The zero-order chi connectivity index (χ0) is 17.9. The van der Waals surface area contributed by atoms with Gasteiger partial charge < -0.3 is 13.3 Å². The minimum Gasteiger partial charge on any atom is -0.379 e. The standard InChI is InChI=1S/C16H16F4O3Si/c1-9(23-24(21-2)22-3)10-4-6-11(7-5-10)12-8-13(17)15(19)16(20)14(12)18/h4-9,24H,1-3H3. The first-order chi connectivity index (χ1) is 11.4. The van der Waals surface area contributed by atoms with Crippen LogP contribution in [-0.4, -0.2) is 23.7 Å². The summed E-state index contributed by atoms with van der Waals surface area (Å²) in [5.41, 5.74) is 0.606. The van der Waals surface area contributed by atoms with Gasteiger partial charge in [-0.3, -0.25) is 0 Å². The second-order valence-corrected chi connectivity index (χ2v) is 6.80.